The van der Waals surface area contributed by atoms with E-state index >= 15 is 0 Å². The van der Waals surface area contributed by atoms with Crippen LogP contribution in [0.15, 0.2) is 78.4 Å². The van der Waals surface area contributed by atoms with Crippen molar-refractivity contribution >= 4 is 22.7 Å². The van der Waals surface area contributed by atoms with Crippen molar-refractivity contribution in [1.29, 1.82) is 0 Å². The topological polar surface area (TPSA) is 72.4 Å². The summed E-state index contributed by atoms with van der Waals surface area (Å²) in [5.41, 5.74) is 2.24. The minimum absolute atomic E-state index is 0.00716. The van der Waals surface area contributed by atoms with Crippen molar-refractivity contribution in [2.75, 3.05) is 0 Å². The number of aryl methyl sites for hydroxylation is 1. The van der Waals surface area contributed by atoms with Crippen LogP contribution in [0.5, 0.6) is 5.75 Å². The standard InChI is InChI=1S/C24H19NO4S/c1-13-9-10-16-15(11-13)24(2,3)18-12-17-19(22(27)25(16)18)20(26)21(23(28)29-17)30-14-7-5-4-6-8-14/h4-12,26H,1-3H3. The first kappa shape index (κ1) is 18.8. The van der Waals surface area contributed by atoms with Gasteiger partial charge in [0.2, 0.25) is 0 Å². The fourth-order valence-electron chi connectivity index (χ4n) is 4.12. The molecule has 150 valence electrons. The fourth-order valence-corrected chi connectivity index (χ4v) is 4.97. The summed E-state index contributed by atoms with van der Waals surface area (Å²) in [5.74, 6) is -0.339. The average molecular weight is 417 g/mol. The van der Waals surface area contributed by atoms with Crippen LogP contribution in [0.2, 0.25) is 0 Å². The molecule has 2 aromatic heterocycles. The van der Waals surface area contributed by atoms with Gasteiger partial charge >= 0.3 is 5.63 Å². The number of rotatable bonds is 2. The van der Waals surface area contributed by atoms with Gasteiger partial charge in [0.15, 0.2) is 5.75 Å². The number of aromatic nitrogens is 1. The lowest BCUT2D eigenvalue weighted by molar-refractivity contribution is 0.445. The first-order chi connectivity index (χ1) is 14.3. The number of pyridine rings is 1. The summed E-state index contributed by atoms with van der Waals surface area (Å²) in [7, 11) is 0. The van der Waals surface area contributed by atoms with Crippen molar-refractivity contribution in [3.63, 3.8) is 0 Å². The minimum atomic E-state index is -0.664. The highest BCUT2D eigenvalue weighted by Crippen LogP contribution is 2.44. The van der Waals surface area contributed by atoms with Crippen LogP contribution in [-0.4, -0.2) is 9.67 Å². The van der Waals surface area contributed by atoms with E-state index in [0.717, 1.165) is 39.2 Å². The molecule has 1 aliphatic rings. The normalized spacial score (nSPS) is 14.0. The summed E-state index contributed by atoms with van der Waals surface area (Å²) in [6.07, 6.45) is 0. The minimum Gasteiger partial charge on any atom is -0.505 e. The number of hydrogen-bond donors (Lipinski definition) is 1. The van der Waals surface area contributed by atoms with Gasteiger partial charge < -0.3 is 9.52 Å². The molecule has 0 saturated carbocycles. The molecule has 5 nitrogen and oxygen atoms in total. The van der Waals surface area contributed by atoms with E-state index in [9.17, 15) is 14.7 Å². The van der Waals surface area contributed by atoms with Crippen molar-refractivity contribution in [2.24, 2.45) is 0 Å². The van der Waals surface area contributed by atoms with Gasteiger partial charge in [0.1, 0.15) is 15.9 Å². The molecule has 0 atom stereocenters. The van der Waals surface area contributed by atoms with Crippen molar-refractivity contribution < 1.29 is 9.52 Å². The van der Waals surface area contributed by atoms with Crippen molar-refractivity contribution in [3.05, 3.63) is 92.2 Å². The molecular formula is C24H19NO4S. The molecule has 0 radical (unpaired) electrons. The Labute approximate surface area is 176 Å². The molecule has 4 aromatic rings. The lowest BCUT2D eigenvalue weighted by Gasteiger charge is -2.20. The van der Waals surface area contributed by atoms with E-state index < -0.39 is 16.6 Å². The van der Waals surface area contributed by atoms with Crippen LogP contribution in [0.3, 0.4) is 0 Å². The Bertz CT molecular complexity index is 1450. The monoisotopic (exact) mass is 417 g/mol. The molecule has 0 fully saturated rings. The Morgan fingerprint density at radius 3 is 2.50 bits per heavy atom. The molecule has 6 heteroatoms. The number of fused-ring (bicyclic) bond motifs is 4. The lowest BCUT2D eigenvalue weighted by Crippen LogP contribution is -2.24. The molecule has 0 amide bonds. The first-order valence-corrected chi connectivity index (χ1v) is 10.4. The highest BCUT2D eigenvalue weighted by atomic mass is 32.2. The van der Waals surface area contributed by atoms with Crippen molar-refractivity contribution in [2.45, 2.75) is 36.0 Å². The Hall–Kier alpha value is -3.25. The van der Waals surface area contributed by atoms with Gasteiger partial charge in [-0.15, -0.1) is 0 Å². The zero-order valence-electron chi connectivity index (χ0n) is 16.7. The Balaban J connectivity index is 1.82. The molecule has 1 aliphatic heterocycles. The summed E-state index contributed by atoms with van der Waals surface area (Å²) >= 11 is 1.08. The molecule has 1 N–H and O–H groups in total. The number of nitrogens with zero attached hydrogens (tertiary/aromatic N) is 1. The predicted molar refractivity (Wildman–Crippen MR) is 117 cm³/mol. The van der Waals surface area contributed by atoms with Gasteiger partial charge in [0.25, 0.3) is 5.56 Å². The number of benzene rings is 2. The summed E-state index contributed by atoms with van der Waals surface area (Å²) in [4.78, 5) is 26.9. The lowest BCUT2D eigenvalue weighted by atomic mass is 9.82. The summed E-state index contributed by atoms with van der Waals surface area (Å²) in [6.45, 7) is 6.08. The number of hydrogen-bond acceptors (Lipinski definition) is 5. The predicted octanol–water partition coefficient (Wildman–Crippen LogP) is 4.75. The second-order valence-electron chi connectivity index (χ2n) is 8.04. The van der Waals surface area contributed by atoms with Gasteiger partial charge in [0, 0.05) is 22.1 Å². The largest absolute Gasteiger partial charge is 0.505 e. The summed E-state index contributed by atoms with van der Waals surface area (Å²) < 4.78 is 7.14. The molecule has 5 rings (SSSR count). The highest BCUT2D eigenvalue weighted by Gasteiger charge is 2.38. The molecule has 0 spiro atoms. The first-order valence-electron chi connectivity index (χ1n) is 9.60. The van der Waals surface area contributed by atoms with Crippen LogP contribution in [0.25, 0.3) is 16.7 Å². The third kappa shape index (κ3) is 2.57. The molecule has 0 bridgehead atoms. The van der Waals surface area contributed by atoms with Crippen molar-refractivity contribution in [3.8, 4) is 11.4 Å². The van der Waals surface area contributed by atoms with E-state index in [1.807, 2.05) is 63.2 Å². The zero-order valence-corrected chi connectivity index (χ0v) is 17.5. The van der Waals surface area contributed by atoms with Crippen LogP contribution in [0, 0.1) is 6.92 Å². The van der Waals surface area contributed by atoms with E-state index in [1.54, 1.807) is 10.6 Å². The quantitative estimate of drug-likeness (QED) is 0.510. The smallest absolute Gasteiger partial charge is 0.354 e. The Morgan fingerprint density at radius 2 is 1.77 bits per heavy atom. The van der Waals surface area contributed by atoms with Crippen LogP contribution in [-0.2, 0) is 5.41 Å². The zero-order chi connectivity index (χ0) is 21.2. The second kappa shape index (κ2) is 6.37. The van der Waals surface area contributed by atoms with E-state index in [-0.39, 0.29) is 21.6 Å². The van der Waals surface area contributed by atoms with Gasteiger partial charge in [-0.25, -0.2) is 4.79 Å². The maximum absolute atomic E-state index is 13.5. The van der Waals surface area contributed by atoms with Gasteiger partial charge in [-0.05, 0) is 30.7 Å². The van der Waals surface area contributed by atoms with E-state index in [2.05, 4.69) is 6.07 Å². The van der Waals surface area contributed by atoms with Gasteiger partial charge in [-0.3, -0.25) is 9.36 Å². The van der Waals surface area contributed by atoms with E-state index in [1.165, 1.54) is 0 Å². The van der Waals surface area contributed by atoms with Gasteiger partial charge in [0.05, 0.1) is 5.69 Å². The second-order valence-corrected chi connectivity index (χ2v) is 9.12. The Kier molecular flexibility index (Phi) is 3.98. The van der Waals surface area contributed by atoms with Crippen LogP contribution >= 0.6 is 11.8 Å². The number of aromatic hydroxyl groups is 1. The molecule has 2 aromatic carbocycles. The molecule has 0 unspecified atom stereocenters. The van der Waals surface area contributed by atoms with E-state index in [0.29, 0.717) is 0 Å². The maximum Gasteiger partial charge on any atom is 0.354 e. The molecule has 3 heterocycles. The van der Waals surface area contributed by atoms with Gasteiger partial charge in [-0.2, -0.15) is 0 Å². The third-order valence-corrected chi connectivity index (χ3v) is 6.75. The van der Waals surface area contributed by atoms with Crippen LogP contribution in [0.4, 0.5) is 0 Å². The van der Waals surface area contributed by atoms with Crippen LogP contribution < -0.4 is 11.2 Å². The highest BCUT2D eigenvalue weighted by molar-refractivity contribution is 7.99. The SMILES string of the molecule is Cc1ccc2c(c1)C(C)(C)c1cc3oc(=O)c(Sc4ccccc4)c(O)c3c(=O)n1-2. The average Bonchev–Trinajstić information content (AvgIpc) is 2.93. The molecular weight excluding hydrogens is 398 g/mol. The molecule has 0 aliphatic carbocycles. The van der Waals surface area contributed by atoms with Crippen LogP contribution in [0.1, 0.15) is 30.7 Å². The van der Waals surface area contributed by atoms with Crippen molar-refractivity contribution in [1.82, 2.24) is 4.57 Å². The van der Waals surface area contributed by atoms with Gasteiger partial charge in [-0.1, -0.05) is 61.5 Å². The maximum atomic E-state index is 13.5. The molecule has 30 heavy (non-hydrogen) atoms. The fraction of sp³-hybridized carbons (Fsp3) is 0.167. The molecule has 0 saturated heterocycles. The Morgan fingerprint density at radius 1 is 1.03 bits per heavy atom. The summed E-state index contributed by atoms with van der Waals surface area (Å²) in [5, 5.41) is 10.9. The summed E-state index contributed by atoms with van der Waals surface area (Å²) in [6, 6.07) is 16.8. The van der Waals surface area contributed by atoms with E-state index in [4.69, 9.17) is 4.42 Å². The third-order valence-electron chi connectivity index (χ3n) is 5.68.